The van der Waals surface area contributed by atoms with Crippen molar-refractivity contribution < 1.29 is 4.79 Å². The SMILES string of the molecule is CCC(C)c1ccc(C(CC)NC(=O)C(C)n2nccc2C)cc1. The molecule has 0 aliphatic carbocycles. The average molecular weight is 327 g/mol. The lowest BCUT2D eigenvalue weighted by atomic mass is 9.95. The van der Waals surface area contributed by atoms with Gasteiger partial charge >= 0.3 is 0 Å². The molecule has 1 N–H and O–H groups in total. The summed E-state index contributed by atoms with van der Waals surface area (Å²) in [5.74, 6) is 0.566. The number of hydrogen-bond donors (Lipinski definition) is 1. The Hall–Kier alpha value is -2.10. The minimum Gasteiger partial charge on any atom is -0.347 e. The second-order valence-corrected chi connectivity index (χ2v) is 6.54. The number of aryl methyl sites for hydroxylation is 1. The van der Waals surface area contributed by atoms with Gasteiger partial charge in [0, 0.05) is 11.9 Å². The summed E-state index contributed by atoms with van der Waals surface area (Å²) in [5.41, 5.74) is 3.49. The van der Waals surface area contributed by atoms with Gasteiger partial charge in [0.15, 0.2) is 0 Å². The lowest BCUT2D eigenvalue weighted by Crippen LogP contribution is -2.34. The lowest BCUT2D eigenvalue weighted by molar-refractivity contribution is -0.125. The van der Waals surface area contributed by atoms with E-state index >= 15 is 0 Å². The first kappa shape index (κ1) is 18.2. The summed E-state index contributed by atoms with van der Waals surface area (Å²) in [6.07, 6.45) is 3.72. The lowest BCUT2D eigenvalue weighted by Gasteiger charge is -2.22. The molecule has 3 unspecified atom stereocenters. The molecule has 4 nitrogen and oxygen atoms in total. The van der Waals surface area contributed by atoms with E-state index in [0.29, 0.717) is 5.92 Å². The Balaban J connectivity index is 2.08. The molecular weight excluding hydrogens is 298 g/mol. The number of carbonyl (C=O) groups is 1. The highest BCUT2D eigenvalue weighted by Gasteiger charge is 2.20. The number of benzene rings is 1. The van der Waals surface area contributed by atoms with Gasteiger partial charge in [0.1, 0.15) is 6.04 Å². The molecule has 1 aromatic carbocycles. The zero-order chi connectivity index (χ0) is 17.7. The number of rotatable bonds is 7. The van der Waals surface area contributed by atoms with Crippen LogP contribution in [0.2, 0.25) is 0 Å². The molecule has 2 aromatic rings. The van der Waals surface area contributed by atoms with E-state index in [0.717, 1.165) is 24.1 Å². The Morgan fingerprint density at radius 2 is 1.71 bits per heavy atom. The van der Waals surface area contributed by atoms with Crippen LogP contribution in [0, 0.1) is 6.92 Å². The van der Waals surface area contributed by atoms with Crippen molar-refractivity contribution >= 4 is 5.91 Å². The standard InChI is InChI=1S/C20H29N3O/c1-6-14(3)17-8-10-18(11-9-17)19(7-2)22-20(24)16(5)23-15(4)12-13-21-23/h8-14,16,19H,6-7H2,1-5H3,(H,22,24). The van der Waals surface area contributed by atoms with Crippen molar-refractivity contribution in [1.82, 2.24) is 15.1 Å². The van der Waals surface area contributed by atoms with Gasteiger partial charge in [-0.2, -0.15) is 5.10 Å². The van der Waals surface area contributed by atoms with Gasteiger partial charge in [-0.05, 0) is 49.8 Å². The van der Waals surface area contributed by atoms with Gasteiger partial charge in [-0.3, -0.25) is 9.48 Å². The van der Waals surface area contributed by atoms with Crippen molar-refractivity contribution in [2.24, 2.45) is 0 Å². The third kappa shape index (κ3) is 4.05. The third-order valence-electron chi connectivity index (χ3n) is 4.86. The average Bonchev–Trinajstić information content (AvgIpc) is 3.04. The maximum Gasteiger partial charge on any atom is 0.245 e. The van der Waals surface area contributed by atoms with Crippen LogP contribution in [-0.2, 0) is 4.79 Å². The molecule has 0 aliphatic rings. The van der Waals surface area contributed by atoms with E-state index < -0.39 is 0 Å². The fraction of sp³-hybridized carbons (Fsp3) is 0.500. The highest BCUT2D eigenvalue weighted by atomic mass is 16.2. The van der Waals surface area contributed by atoms with Gasteiger partial charge in [-0.15, -0.1) is 0 Å². The molecule has 24 heavy (non-hydrogen) atoms. The molecular formula is C20H29N3O. The van der Waals surface area contributed by atoms with E-state index in [1.807, 2.05) is 19.9 Å². The van der Waals surface area contributed by atoms with Crippen molar-refractivity contribution in [2.45, 2.75) is 65.5 Å². The monoisotopic (exact) mass is 327 g/mol. The molecule has 0 saturated heterocycles. The van der Waals surface area contributed by atoms with E-state index in [1.54, 1.807) is 10.9 Å². The first-order chi connectivity index (χ1) is 11.5. The Kier molecular flexibility index (Phi) is 6.18. The highest BCUT2D eigenvalue weighted by Crippen LogP contribution is 2.23. The summed E-state index contributed by atoms with van der Waals surface area (Å²) in [6.45, 7) is 10.4. The quantitative estimate of drug-likeness (QED) is 0.812. The van der Waals surface area contributed by atoms with E-state index in [-0.39, 0.29) is 18.0 Å². The van der Waals surface area contributed by atoms with Crippen LogP contribution in [0.25, 0.3) is 0 Å². The fourth-order valence-electron chi connectivity index (χ4n) is 2.90. The van der Waals surface area contributed by atoms with Gasteiger partial charge in [-0.25, -0.2) is 0 Å². The van der Waals surface area contributed by atoms with Gasteiger partial charge in [0.2, 0.25) is 5.91 Å². The number of hydrogen-bond acceptors (Lipinski definition) is 2. The molecule has 0 radical (unpaired) electrons. The van der Waals surface area contributed by atoms with Crippen LogP contribution in [0.5, 0.6) is 0 Å². The first-order valence-electron chi connectivity index (χ1n) is 8.88. The Bertz CT molecular complexity index is 660. The summed E-state index contributed by atoms with van der Waals surface area (Å²) in [7, 11) is 0. The molecule has 4 heteroatoms. The topological polar surface area (TPSA) is 46.9 Å². The number of aromatic nitrogens is 2. The largest absolute Gasteiger partial charge is 0.347 e. The Labute approximate surface area is 145 Å². The number of amides is 1. The molecule has 0 spiro atoms. The number of nitrogens with one attached hydrogen (secondary N) is 1. The third-order valence-corrected chi connectivity index (χ3v) is 4.86. The summed E-state index contributed by atoms with van der Waals surface area (Å²) in [6, 6.07) is 10.3. The van der Waals surface area contributed by atoms with Gasteiger partial charge in [-0.1, -0.05) is 45.0 Å². The van der Waals surface area contributed by atoms with E-state index in [1.165, 1.54) is 5.56 Å². The summed E-state index contributed by atoms with van der Waals surface area (Å²) >= 11 is 0. The van der Waals surface area contributed by atoms with E-state index in [2.05, 4.69) is 55.5 Å². The smallest absolute Gasteiger partial charge is 0.245 e. The molecule has 2 rings (SSSR count). The Morgan fingerprint density at radius 3 is 2.21 bits per heavy atom. The molecule has 130 valence electrons. The molecule has 3 atom stereocenters. The van der Waals surface area contributed by atoms with Crippen molar-refractivity contribution in [3.8, 4) is 0 Å². The zero-order valence-electron chi connectivity index (χ0n) is 15.4. The van der Waals surface area contributed by atoms with Crippen molar-refractivity contribution in [1.29, 1.82) is 0 Å². The van der Waals surface area contributed by atoms with Crippen LogP contribution in [0.3, 0.4) is 0 Å². The maximum atomic E-state index is 12.6. The normalized spacial score (nSPS) is 14.9. The van der Waals surface area contributed by atoms with Gasteiger partial charge in [0.05, 0.1) is 6.04 Å². The van der Waals surface area contributed by atoms with Gasteiger partial charge in [0.25, 0.3) is 0 Å². The van der Waals surface area contributed by atoms with E-state index in [9.17, 15) is 4.79 Å². The molecule has 1 amide bonds. The second kappa shape index (κ2) is 8.13. The molecule has 1 aromatic heterocycles. The van der Waals surface area contributed by atoms with Crippen LogP contribution in [0.1, 0.15) is 75.4 Å². The van der Waals surface area contributed by atoms with Crippen LogP contribution in [0.4, 0.5) is 0 Å². The second-order valence-electron chi connectivity index (χ2n) is 6.54. The maximum absolute atomic E-state index is 12.6. The number of nitrogens with zero attached hydrogens (tertiary/aromatic N) is 2. The highest BCUT2D eigenvalue weighted by molar-refractivity contribution is 5.80. The van der Waals surface area contributed by atoms with Gasteiger partial charge < -0.3 is 5.32 Å². The van der Waals surface area contributed by atoms with Crippen LogP contribution < -0.4 is 5.32 Å². The van der Waals surface area contributed by atoms with E-state index in [4.69, 9.17) is 0 Å². The molecule has 1 heterocycles. The fourth-order valence-corrected chi connectivity index (χ4v) is 2.90. The minimum absolute atomic E-state index is 0.000322. The first-order valence-corrected chi connectivity index (χ1v) is 8.88. The predicted octanol–water partition coefficient (Wildman–Crippen LogP) is 4.53. The molecule has 0 bridgehead atoms. The van der Waals surface area contributed by atoms with Crippen molar-refractivity contribution in [3.63, 3.8) is 0 Å². The molecule has 0 saturated carbocycles. The zero-order valence-corrected chi connectivity index (χ0v) is 15.4. The van der Waals surface area contributed by atoms with Crippen LogP contribution in [0.15, 0.2) is 36.5 Å². The summed E-state index contributed by atoms with van der Waals surface area (Å²) in [5, 5.41) is 7.40. The molecule has 0 fully saturated rings. The minimum atomic E-state index is -0.312. The predicted molar refractivity (Wildman–Crippen MR) is 98.0 cm³/mol. The number of carbonyl (C=O) groups excluding carboxylic acids is 1. The van der Waals surface area contributed by atoms with Crippen molar-refractivity contribution in [3.05, 3.63) is 53.3 Å². The summed E-state index contributed by atoms with van der Waals surface area (Å²) < 4.78 is 1.76. The Morgan fingerprint density at radius 1 is 1.08 bits per heavy atom. The van der Waals surface area contributed by atoms with Crippen LogP contribution >= 0.6 is 0 Å². The summed E-state index contributed by atoms with van der Waals surface area (Å²) in [4.78, 5) is 12.6. The van der Waals surface area contributed by atoms with Crippen molar-refractivity contribution in [2.75, 3.05) is 0 Å². The molecule has 0 aliphatic heterocycles. The van der Waals surface area contributed by atoms with Crippen LogP contribution in [-0.4, -0.2) is 15.7 Å².